The molecule has 5 heteroatoms. The van der Waals surface area contributed by atoms with Crippen LogP contribution in [0.1, 0.15) is 0 Å². The van der Waals surface area contributed by atoms with E-state index < -0.39 is 0 Å². The number of hydrogen-bond donors (Lipinski definition) is 0. The Morgan fingerprint density at radius 3 is 2.86 bits per heavy atom. The number of fused-ring (bicyclic) bond motifs is 1. The minimum absolute atomic E-state index is 0.729. The average molecular weight is 442 g/mol. The van der Waals surface area contributed by atoms with Gasteiger partial charge in [0.15, 0.2) is 0 Å². The van der Waals surface area contributed by atoms with Crippen LogP contribution in [0.5, 0.6) is 0 Å². The molecule has 0 saturated carbocycles. The fourth-order valence-electron chi connectivity index (χ4n) is 1.19. The van der Waals surface area contributed by atoms with E-state index in [1.165, 1.54) is 0 Å². The fraction of sp³-hybridized carbons (Fsp3) is 0. The van der Waals surface area contributed by atoms with Crippen LogP contribution >= 0.6 is 50.1 Å². The summed E-state index contributed by atoms with van der Waals surface area (Å²) in [5, 5.41) is 2.83. The Morgan fingerprint density at radius 2 is 2.14 bits per heavy atom. The maximum absolute atomic E-state index is 6.19. The van der Waals surface area contributed by atoms with Crippen LogP contribution in [0.15, 0.2) is 22.8 Å². The van der Waals surface area contributed by atoms with Crippen molar-refractivity contribution in [3.8, 4) is 0 Å². The molecule has 0 saturated heterocycles. The Morgan fingerprint density at radius 1 is 1.43 bits per heavy atom. The van der Waals surface area contributed by atoms with Crippen LogP contribution in [0.3, 0.4) is 0 Å². The monoisotopic (exact) mass is 441 g/mol. The molecule has 1 heterocycles. The Labute approximate surface area is 117 Å². The first kappa shape index (κ1) is 11.2. The molecule has 0 aliphatic heterocycles. The summed E-state index contributed by atoms with van der Waals surface area (Å²) in [5.41, 5.74) is 0. The van der Waals surface area contributed by atoms with E-state index >= 15 is 0 Å². The zero-order chi connectivity index (χ0) is 10.3. The van der Waals surface area contributed by atoms with Gasteiger partial charge in [-0.05, 0) is 0 Å². The molecule has 2 aromatic rings. The summed E-state index contributed by atoms with van der Waals surface area (Å²) in [6.07, 6.45) is 1.80. The first-order chi connectivity index (χ1) is 6.59. The number of rotatable bonds is 0. The first-order valence-electron chi connectivity index (χ1n) is 3.72. The second-order valence-corrected chi connectivity index (χ2v) is 6.04. The van der Waals surface area contributed by atoms with Crippen LogP contribution < -0.4 is 4.48 Å². The number of pyridine rings is 1. The van der Waals surface area contributed by atoms with E-state index in [4.69, 9.17) is 11.6 Å². The van der Waals surface area contributed by atoms with Gasteiger partial charge in [0.2, 0.25) is 0 Å². The van der Waals surface area contributed by atoms with Gasteiger partial charge in [-0.15, -0.1) is 0 Å². The molecule has 1 aromatic carbocycles. The van der Waals surface area contributed by atoms with Crippen LogP contribution in [-0.2, 0) is 0 Å². The second-order valence-electron chi connectivity index (χ2n) is 2.75. The van der Waals surface area contributed by atoms with Crippen LogP contribution in [0, 0.1) is 3.57 Å². The molecule has 0 spiro atoms. The van der Waals surface area contributed by atoms with E-state index in [0.29, 0.717) is 0 Å². The van der Waals surface area contributed by atoms with Crippen molar-refractivity contribution in [2.75, 3.05) is 0 Å². The molecule has 0 aliphatic carbocycles. The van der Waals surface area contributed by atoms with Gasteiger partial charge in [-0.1, -0.05) is 0 Å². The third-order valence-electron chi connectivity index (χ3n) is 1.84. The molecular formula is C9H3AsBrClIN. The van der Waals surface area contributed by atoms with E-state index in [-0.39, 0.29) is 0 Å². The number of aromatic nitrogens is 1. The van der Waals surface area contributed by atoms with Crippen LogP contribution in [0.25, 0.3) is 10.8 Å². The van der Waals surface area contributed by atoms with Crippen molar-refractivity contribution in [3.63, 3.8) is 0 Å². The van der Waals surface area contributed by atoms with Gasteiger partial charge in [0, 0.05) is 0 Å². The fourth-order valence-corrected chi connectivity index (χ4v) is 2.95. The Bertz CT molecular complexity index is 518. The molecule has 0 N–H and O–H groups in total. The molecule has 2 rings (SSSR count). The average Bonchev–Trinajstić information content (AvgIpc) is 2.14. The maximum atomic E-state index is 6.19. The van der Waals surface area contributed by atoms with E-state index in [9.17, 15) is 0 Å². The van der Waals surface area contributed by atoms with Gasteiger partial charge in [-0.25, -0.2) is 0 Å². The number of halogens is 3. The van der Waals surface area contributed by atoms with Gasteiger partial charge in [0.25, 0.3) is 0 Å². The molecule has 2 radical (unpaired) electrons. The van der Waals surface area contributed by atoms with Crippen molar-refractivity contribution < 1.29 is 0 Å². The predicted octanol–water partition coefficient (Wildman–Crippen LogP) is 3.05. The van der Waals surface area contributed by atoms with Crippen molar-refractivity contribution in [1.29, 1.82) is 0 Å². The van der Waals surface area contributed by atoms with E-state index in [0.717, 1.165) is 28.3 Å². The Balaban J connectivity index is 2.91. The molecular weight excluding hydrogens is 439 g/mol. The summed E-state index contributed by atoms with van der Waals surface area (Å²) in [7, 11) is 0. The minimum atomic E-state index is 0.729. The van der Waals surface area contributed by atoms with Gasteiger partial charge in [-0.2, -0.15) is 0 Å². The molecule has 0 fully saturated rings. The molecule has 0 bridgehead atoms. The van der Waals surface area contributed by atoms with Gasteiger partial charge in [0.05, 0.1) is 0 Å². The molecule has 0 aliphatic rings. The van der Waals surface area contributed by atoms with E-state index in [1.807, 2.05) is 6.07 Å². The van der Waals surface area contributed by atoms with Gasteiger partial charge < -0.3 is 0 Å². The van der Waals surface area contributed by atoms with Crippen molar-refractivity contribution in [2.45, 2.75) is 0 Å². The Kier molecular flexibility index (Phi) is 3.42. The van der Waals surface area contributed by atoms with Crippen LogP contribution in [0.2, 0.25) is 5.02 Å². The van der Waals surface area contributed by atoms with Gasteiger partial charge in [-0.3, -0.25) is 0 Å². The van der Waals surface area contributed by atoms with Crippen molar-refractivity contribution in [2.24, 2.45) is 0 Å². The summed E-state index contributed by atoms with van der Waals surface area (Å²) >= 11 is 14.3. The second kappa shape index (κ2) is 4.28. The van der Waals surface area contributed by atoms with Gasteiger partial charge in [0.1, 0.15) is 0 Å². The number of nitrogens with zero attached hydrogens (tertiary/aromatic N) is 1. The summed E-state index contributed by atoms with van der Waals surface area (Å²) < 4.78 is 2.99. The predicted molar refractivity (Wildman–Crippen MR) is 72.6 cm³/mol. The summed E-state index contributed by atoms with van der Waals surface area (Å²) in [5.74, 6) is 0. The van der Waals surface area contributed by atoms with Crippen molar-refractivity contribution in [1.82, 2.24) is 4.98 Å². The van der Waals surface area contributed by atoms with Crippen molar-refractivity contribution >= 4 is 82.2 Å². The van der Waals surface area contributed by atoms with Gasteiger partial charge >= 0.3 is 119 Å². The quantitative estimate of drug-likeness (QED) is 0.347. The van der Waals surface area contributed by atoms with Crippen molar-refractivity contribution in [3.05, 3.63) is 31.4 Å². The third-order valence-corrected chi connectivity index (χ3v) is 5.39. The summed E-state index contributed by atoms with van der Waals surface area (Å²) in [4.78, 5) is 4.20. The molecule has 0 unspecified atom stereocenters. The molecule has 1 aromatic heterocycles. The zero-order valence-electron chi connectivity index (χ0n) is 6.76. The SMILES string of the molecule is Clc1c(Br)c(I)cc2cc([As])ncc12. The Hall–Kier alpha value is 0.688. The first-order valence-corrected chi connectivity index (χ1v) is 6.90. The molecule has 14 heavy (non-hydrogen) atoms. The molecule has 0 atom stereocenters. The molecule has 70 valence electrons. The third kappa shape index (κ3) is 1.97. The van der Waals surface area contributed by atoms with Crippen LogP contribution in [0.4, 0.5) is 0 Å². The summed E-state index contributed by atoms with van der Waals surface area (Å²) in [6, 6.07) is 4.10. The summed E-state index contributed by atoms with van der Waals surface area (Å²) in [6.45, 7) is 0. The standard InChI is InChI=1S/C9H3AsBrClIN/c10-7-2-4-1-6(13)8(11)9(12)5(4)3-14-7/h1-3H. The topological polar surface area (TPSA) is 12.9 Å². The van der Waals surface area contributed by atoms with Crippen LogP contribution in [-0.4, -0.2) is 21.8 Å². The number of benzene rings is 1. The normalized spacial score (nSPS) is 10.9. The number of hydrogen-bond acceptors (Lipinski definition) is 1. The molecule has 1 nitrogen and oxygen atoms in total. The molecule has 0 amide bonds. The zero-order valence-corrected chi connectivity index (χ0v) is 13.1. The van der Waals surface area contributed by atoms with E-state index in [2.05, 4.69) is 66.4 Å². The van der Waals surface area contributed by atoms with E-state index in [1.54, 1.807) is 6.20 Å².